The number of thiocarbonyl (C=S) groups is 1. The van der Waals surface area contributed by atoms with Gasteiger partial charge in [-0.3, -0.25) is 14.9 Å². The fraction of sp³-hybridized carbons (Fsp3) is 0.423. The molecule has 2 rings (SSSR count). The van der Waals surface area contributed by atoms with E-state index in [0.29, 0.717) is 23.4 Å². The minimum Gasteiger partial charge on any atom is -0.494 e. The number of unbranched alkanes of at least 4 members (excludes halogenated alkanes) is 4. The van der Waals surface area contributed by atoms with Crippen LogP contribution in [0.5, 0.6) is 5.75 Å². The topological polar surface area (TPSA) is 79.5 Å². The van der Waals surface area contributed by atoms with Crippen LogP contribution in [0.15, 0.2) is 48.5 Å². The lowest BCUT2D eigenvalue weighted by atomic mass is 10.1. The van der Waals surface area contributed by atoms with Gasteiger partial charge in [0.25, 0.3) is 11.8 Å². The summed E-state index contributed by atoms with van der Waals surface area (Å²) in [6.07, 6.45) is 6.81. The Morgan fingerprint density at radius 2 is 1.48 bits per heavy atom. The highest BCUT2D eigenvalue weighted by atomic mass is 32.1. The van der Waals surface area contributed by atoms with Crippen molar-refractivity contribution in [3.05, 3.63) is 59.7 Å². The Labute approximate surface area is 202 Å². The molecule has 0 radical (unpaired) electrons. The molecule has 0 aromatic heterocycles. The summed E-state index contributed by atoms with van der Waals surface area (Å²) in [6, 6.07) is 14.1. The number of ether oxygens (including phenoxy) is 1. The number of anilines is 1. The number of nitrogens with one attached hydrogen (secondary N) is 3. The zero-order chi connectivity index (χ0) is 24.1. The first-order valence-corrected chi connectivity index (χ1v) is 12.1. The standard InChI is InChI=1S/C26H35N3O3S/c1-4-6-7-8-9-18-32-23-16-12-21(13-17-23)25(31)29-26(33)28-22-14-10-20(11-15-22)24(30)27-19(3)5-2/h10-17,19H,4-9,18H2,1-3H3,(H,27,30)(H2,28,29,31,33). The molecule has 33 heavy (non-hydrogen) atoms. The Balaban J connectivity index is 1.78. The van der Waals surface area contributed by atoms with E-state index in [1.165, 1.54) is 25.7 Å². The molecule has 1 unspecified atom stereocenters. The van der Waals surface area contributed by atoms with Crippen molar-refractivity contribution in [2.45, 2.75) is 65.3 Å². The van der Waals surface area contributed by atoms with Gasteiger partial charge in [0.1, 0.15) is 5.75 Å². The lowest BCUT2D eigenvalue weighted by Crippen LogP contribution is -2.34. The molecule has 0 spiro atoms. The first kappa shape index (κ1) is 26.3. The minimum absolute atomic E-state index is 0.115. The van der Waals surface area contributed by atoms with Crippen LogP contribution in [0.4, 0.5) is 5.69 Å². The van der Waals surface area contributed by atoms with Gasteiger partial charge in [-0.2, -0.15) is 0 Å². The van der Waals surface area contributed by atoms with E-state index in [2.05, 4.69) is 22.9 Å². The predicted octanol–water partition coefficient (Wildman–Crippen LogP) is 5.69. The maximum atomic E-state index is 12.5. The summed E-state index contributed by atoms with van der Waals surface area (Å²) in [6.45, 7) is 6.86. The molecule has 0 saturated heterocycles. The van der Waals surface area contributed by atoms with Crippen molar-refractivity contribution in [1.82, 2.24) is 10.6 Å². The molecule has 7 heteroatoms. The number of benzene rings is 2. The third-order valence-electron chi connectivity index (χ3n) is 5.26. The van der Waals surface area contributed by atoms with Gasteiger partial charge in [0.05, 0.1) is 6.61 Å². The smallest absolute Gasteiger partial charge is 0.257 e. The van der Waals surface area contributed by atoms with E-state index in [0.717, 1.165) is 18.6 Å². The number of carbonyl (C=O) groups is 2. The van der Waals surface area contributed by atoms with Crippen LogP contribution in [0.2, 0.25) is 0 Å². The molecule has 0 fully saturated rings. The zero-order valence-electron chi connectivity index (χ0n) is 19.8. The van der Waals surface area contributed by atoms with Gasteiger partial charge in [0.2, 0.25) is 0 Å². The maximum absolute atomic E-state index is 12.5. The first-order valence-electron chi connectivity index (χ1n) is 11.7. The van der Waals surface area contributed by atoms with Gasteiger partial charge >= 0.3 is 0 Å². The third kappa shape index (κ3) is 9.61. The van der Waals surface area contributed by atoms with Crippen LogP contribution >= 0.6 is 12.2 Å². The number of amides is 2. The van der Waals surface area contributed by atoms with Gasteiger partial charge in [-0.25, -0.2) is 0 Å². The summed E-state index contributed by atoms with van der Waals surface area (Å²) in [5.74, 6) is 0.332. The minimum atomic E-state index is -0.303. The lowest BCUT2D eigenvalue weighted by molar-refractivity contribution is 0.0937. The Hall–Kier alpha value is -2.93. The summed E-state index contributed by atoms with van der Waals surface area (Å²) in [7, 11) is 0. The van der Waals surface area contributed by atoms with Gasteiger partial charge in [-0.1, -0.05) is 39.5 Å². The molecule has 2 aromatic rings. The number of hydrogen-bond donors (Lipinski definition) is 3. The maximum Gasteiger partial charge on any atom is 0.257 e. The van der Waals surface area contributed by atoms with Crippen molar-refractivity contribution in [3.8, 4) is 5.75 Å². The SMILES string of the molecule is CCCCCCCOc1ccc(C(=O)NC(=S)Nc2ccc(C(=O)NC(C)CC)cc2)cc1. The molecule has 0 bridgehead atoms. The van der Waals surface area contributed by atoms with Crippen molar-refractivity contribution in [3.63, 3.8) is 0 Å². The van der Waals surface area contributed by atoms with Crippen molar-refractivity contribution in [2.24, 2.45) is 0 Å². The van der Waals surface area contributed by atoms with Crippen molar-refractivity contribution < 1.29 is 14.3 Å². The molecule has 2 amide bonds. The van der Waals surface area contributed by atoms with E-state index in [1.807, 2.05) is 13.8 Å². The number of rotatable bonds is 12. The quantitative estimate of drug-likeness (QED) is 0.275. The lowest BCUT2D eigenvalue weighted by Gasteiger charge is -2.13. The average Bonchev–Trinajstić information content (AvgIpc) is 2.81. The second-order valence-corrected chi connectivity index (χ2v) is 8.46. The van der Waals surface area contributed by atoms with Crippen LogP contribution < -0.4 is 20.7 Å². The Morgan fingerprint density at radius 3 is 2.12 bits per heavy atom. The van der Waals surface area contributed by atoms with Crippen LogP contribution in [-0.2, 0) is 0 Å². The molecule has 6 nitrogen and oxygen atoms in total. The van der Waals surface area contributed by atoms with Crippen molar-refractivity contribution in [2.75, 3.05) is 11.9 Å². The largest absolute Gasteiger partial charge is 0.494 e. The van der Waals surface area contributed by atoms with E-state index < -0.39 is 0 Å². The van der Waals surface area contributed by atoms with Gasteiger partial charge in [-0.05, 0) is 80.5 Å². The van der Waals surface area contributed by atoms with Gasteiger partial charge in [0, 0.05) is 22.9 Å². The summed E-state index contributed by atoms with van der Waals surface area (Å²) in [5, 5.41) is 8.74. The molecule has 0 aliphatic heterocycles. The van der Waals surface area contributed by atoms with E-state index in [1.54, 1.807) is 48.5 Å². The summed E-state index contributed by atoms with van der Waals surface area (Å²) >= 11 is 5.25. The van der Waals surface area contributed by atoms with E-state index >= 15 is 0 Å². The van der Waals surface area contributed by atoms with Crippen LogP contribution in [0, 0.1) is 0 Å². The molecule has 1 atom stereocenters. The molecule has 0 aliphatic carbocycles. The molecule has 0 saturated carbocycles. The Bertz CT molecular complexity index is 898. The van der Waals surface area contributed by atoms with E-state index in [-0.39, 0.29) is 23.0 Å². The fourth-order valence-electron chi connectivity index (χ4n) is 3.05. The Morgan fingerprint density at radius 1 is 0.879 bits per heavy atom. The van der Waals surface area contributed by atoms with Gasteiger partial charge in [0.15, 0.2) is 5.11 Å². The molecular weight excluding hydrogens is 434 g/mol. The molecular formula is C26H35N3O3S. The van der Waals surface area contributed by atoms with Crippen LogP contribution in [-0.4, -0.2) is 29.6 Å². The molecule has 0 aliphatic rings. The third-order valence-corrected chi connectivity index (χ3v) is 5.46. The second-order valence-electron chi connectivity index (χ2n) is 8.06. The van der Waals surface area contributed by atoms with E-state index in [4.69, 9.17) is 17.0 Å². The monoisotopic (exact) mass is 469 g/mol. The highest BCUT2D eigenvalue weighted by Crippen LogP contribution is 2.14. The molecule has 0 heterocycles. The molecule has 178 valence electrons. The van der Waals surface area contributed by atoms with Crippen LogP contribution in [0.25, 0.3) is 0 Å². The molecule has 3 N–H and O–H groups in total. The highest BCUT2D eigenvalue weighted by Gasteiger charge is 2.10. The number of carbonyl (C=O) groups excluding carboxylic acids is 2. The fourth-order valence-corrected chi connectivity index (χ4v) is 3.26. The zero-order valence-corrected chi connectivity index (χ0v) is 20.6. The van der Waals surface area contributed by atoms with Crippen LogP contribution in [0.1, 0.15) is 80.0 Å². The van der Waals surface area contributed by atoms with Crippen molar-refractivity contribution >= 4 is 34.8 Å². The predicted molar refractivity (Wildman–Crippen MR) is 138 cm³/mol. The Kier molecular flexibility index (Phi) is 11.4. The van der Waals surface area contributed by atoms with Gasteiger partial charge in [-0.15, -0.1) is 0 Å². The highest BCUT2D eigenvalue weighted by molar-refractivity contribution is 7.80. The average molecular weight is 470 g/mol. The molecule has 2 aromatic carbocycles. The summed E-state index contributed by atoms with van der Waals surface area (Å²) < 4.78 is 5.74. The number of hydrogen-bond acceptors (Lipinski definition) is 4. The summed E-state index contributed by atoms with van der Waals surface area (Å²) in [5.41, 5.74) is 1.74. The van der Waals surface area contributed by atoms with Crippen molar-refractivity contribution in [1.29, 1.82) is 0 Å². The normalized spacial score (nSPS) is 11.4. The summed E-state index contributed by atoms with van der Waals surface area (Å²) in [4.78, 5) is 24.6. The van der Waals surface area contributed by atoms with E-state index in [9.17, 15) is 9.59 Å². The first-order chi connectivity index (χ1) is 15.9. The van der Waals surface area contributed by atoms with Crippen LogP contribution in [0.3, 0.4) is 0 Å². The van der Waals surface area contributed by atoms with Gasteiger partial charge < -0.3 is 15.4 Å². The second kappa shape index (κ2) is 14.3.